The number of carbonyl (C=O) groups excluding carboxylic acids is 1. The molecule has 2 heterocycles. The molecule has 1 N–H and O–H groups in total. The van der Waals surface area contributed by atoms with Gasteiger partial charge in [-0.25, -0.2) is 4.98 Å². The first-order valence-corrected chi connectivity index (χ1v) is 11.5. The van der Waals surface area contributed by atoms with Crippen LogP contribution in [0.25, 0.3) is 0 Å². The van der Waals surface area contributed by atoms with E-state index in [0.29, 0.717) is 41.9 Å². The number of anilines is 2. The van der Waals surface area contributed by atoms with Crippen LogP contribution in [0, 0.1) is 0 Å². The Morgan fingerprint density at radius 1 is 0.886 bits per heavy atom. The highest BCUT2D eigenvalue weighted by Gasteiger charge is 2.19. The fraction of sp³-hybridized carbons (Fsp3) is 0.148. The summed E-state index contributed by atoms with van der Waals surface area (Å²) in [7, 11) is 0. The van der Waals surface area contributed by atoms with Gasteiger partial charge in [-0.15, -0.1) is 0 Å². The molecule has 4 rings (SSSR count). The molecule has 2 aromatic carbocycles. The van der Waals surface area contributed by atoms with Crippen LogP contribution < -0.4 is 19.7 Å². The van der Waals surface area contributed by atoms with Crippen LogP contribution in [-0.4, -0.2) is 42.2 Å². The van der Waals surface area contributed by atoms with Gasteiger partial charge in [0.2, 0.25) is 5.88 Å². The number of nitrogens with one attached hydrogen (secondary N) is 1. The second kappa shape index (κ2) is 12.4. The summed E-state index contributed by atoms with van der Waals surface area (Å²) in [6.07, 6.45) is 5.10. The molecule has 0 atom stereocenters. The zero-order valence-electron chi connectivity index (χ0n) is 19.0. The lowest BCUT2D eigenvalue weighted by Crippen LogP contribution is -2.34. The third-order valence-corrected chi connectivity index (χ3v) is 5.23. The van der Waals surface area contributed by atoms with Crippen molar-refractivity contribution in [2.45, 2.75) is 0 Å². The topological polar surface area (TPSA) is 76.6 Å². The summed E-state index contributed by atoms with van der Waals surface area (Å²) in [5, 5.41) is 3.67. The van der Waals surface area contributed by atoms with Gasteiger partial charge in [0.1, 0.15) is 19.0 Å². The van der Waals surface area contributed by atoms with Crippen LogP contribution in [0.15, 0.2) is 97.5 Å². The maximum Gasteiger partial charge on any atom is 0.258 e. The van der Waals surface area contributed by atoms with Crippen LogP contribution in [0.2, 0.25) is 5.02 Å². The molecule has 0 aliphatic heterocycles. The molecule has 8 heteroatoms. The fourth-order valence-electron chi connectivity index (χ4n) is 3.39. The number of pyridine rings is 2. The largest absolute Gasteiger partial charge is 0.492 e. The molecular weight excluding hydrogens is 464 g/mol. The van der Waals surface area contributed by atoms with Crippen molar-refractivity contribution in [2.24, 2.45) is 0 Å². The number of halogens is 1. The van der Waals surface area contributed by atoms with E-state index in [1.165, 1.54) is 0 Å². The molecule has 0 saturated heterocycles. The van der Waals surface area contributed by atoms with E-state index in [2.05, 4.69) is 15.3 Å². The Bertz CT molecular complexity index is 1210. The van der Waals surface area contributed by atoms with Crippen molar-refractivity contribution in [2.75, 3.05) is 36.5 Å². The molecule has 0 unspecified atom stereocenters. The number of nitrogens with zero attached hydrogens (tertiary/aromatic N) is 3. The van der Waals surface area contributed by atoms with Crippen LogP contribution in [0.4, 0.5) is 11.4 Å². The highest BCUT2D eigenvalue weighted by Crippen LogP contribution is 2.24. The first kappa shape index (κ1) is 24.0. The van der Waals surface area contributed by atoms with Gasteiger partial charge in [-0.1, -0.05) is 35.9 Å². The molecule has 178 valence electrons. The van der Waals surface area contributed by atoms with Crippen LogP contribution in [0.3, 0.4) is 0 Å². The van der Waals surface area contributed by atoms with Gasteiger partial charge >= 0.3 is 0 Å². The standard InChI is InChI=1S/C27H25ClN4O3/c28-22-18-21(19-25(20-22)34-16-14-30-23-9-12-29-13-10-23)27(33)32(24-6-2-1-3-7-24)15-17-35-26-8-4-5-11-31-26/h1-13,18-20H,14-17H2,(H,29,30). The maximum atomic E-state index is 13.5. The molecule has 0 aliphatic carbocycles. The fourth-order valence-corrected chi connectivity index (χ4v) is 3.61. The van der Waals surface area contributed by atoms with E-state index in [-0.39, 0.29) is 12.5 Å². The predicted octanol–water partition coefficient (Wildman–Crippen LogP) is 5.35. The van der Waals surface area contributed by atoms with E-state index in [9.17, 15) is 4.79 Å². The minimum absolute atomic E-state index is 0.205. The first-order valence-electron chi connectivity index (χ1n) is 11.2. The van der Waals surface area contributed by atoms with E-state index in [1.807, 2.05) is 54.6 Å². The summed E-state index contributed by atoms with van der Waals surface area (Å²) in [5.41, 5.74) is 2.14. The molecule has 0 saturated carbocycles. The number of hydrogen-bond acceptors (Lipinski definition) is 6. The quantitative estimate of drug-likeness (QED) is 0.287. The Hall–Kier alpha value is -4.10. The number of aromatic nitrogens is 2. The Labute approximate surface area is 209 Å². The lowest BCUT2D eigenvalue weighted by atomic mass is 10.1. The Kier molecular flexibility index (Phi) is 8.51. The number of rotatable bonds is 11. The van der Waals surface area contributed by atoms with Crippen LogP contribution in [0.1, 0.15) is 10.4 Å². The third-order valence-electron chi connectivity index (χ3n) is 5.01. The highest BCUT2D eigenvalue weighted by molar-refractivity contribution is 6.31. The number of carbonyl (C=O) groups is 1. The zero-order valence-corrected chi connectivity index (χ0v) is 19.8. The summed E-state index contributed by atoms with van der Waals surface area (Å²) in [6, 6.07) is 23.7. The SMILES string of the molecule is O=C(c1cc(Cl)cc(OCCNc2ccncc2)c1)N(CCOc1ccccn1)c1ccccc1. The number of ether oxygens (including phenoxy) is 2. The second-order valence-electron chi connectivity index (χ2n) is 7.50. The minimum Gasteiger partial charge on any atom is -0.492 e. The van der Waals surface area contributed by atoms with Gasteiger partial charge in [-0.2, -0.15) is 0 Å². The average molecular weight is 489 g/mol. The van der Waals surface area contributed by atoms with E-state index in [1.54, 1.807) is 47.8 Å². The van der Waals surface area contributed by atoms with Gasteiger partial charge in [0.05, 0.1) is 6.54 Å². The monoisotopic (exact) mass is 488 g/mol. The van der Waals surface area contributed by atoms with E-state index in [4.69, 9.17) is 21.1 Å². The Balaban J connectivity index is 1.43. The van der Waals surface area contributed by atoms with Gasteiger partial charge in [0, 0.05) is 53.2 Å². The van der Waals surface area contributed by atoms with E-state index in [0.717, 1.165) is 11.4 Å². The minimum atomic E-state index is -0.205. The highest BCUT2D eigenvalue weighted by atomic mass is 35.5. The summed E-state index contributed by atoms with van der Waals surface area (Å²) >= 11 is 6.33. The van der Waals surface area contributed by atoms with Gasteiger partial charge in [0.15, 0.2) is 0 Å². The summed E-state index contributed by atoms with van der Waals surface area (Å²) in [5.74, 6) is 0.824. The van der Waals surface area contributed by atoms with E-state index < -0.39 is 0 Å². The number of para-hydroxylation sites is 1. The van der Waals surface area contributed by atoms with Crippen LogP contribution in [0.5, 0.6) is 11.6 Å². The summed E-state index contributed by atoms with van der Waals surface area (Å²) in [6.45, 7) is 1.59. The molecule has 0 spiro atoms. The predicted molar refractivity (Wildman–Crippen MR) is 138 cm³/mol. The molecule has 1 amide bonds. The molecule has 0 radical (unpaired) electrons. The second-order valence-corrected chi connectivity index (χ2v) is 7.93. The van der Waals surface area contributed by atoms with Crippen molar-refractivity contribution in [3.05, 3.63) is 108 Å². The Morgan fingerprint density at radius 3 is 2.46 bits per heavy atom. The molecular formula is C27H25ClN4O3. The number of hydrogen-bond donors (Lipinski definition) is 1. The first-order chi connectivity index (χ1) is 17.2. The van der Waals surface area contributed by atoms with Crippen LogP contribution in [-0.2, 0) is 0 Å². The summed E-state index contributed by atoms with van der Waals surface area (Å²) < 4.78 is 11.6. The normalized spacial score (nSPS) is 10.4. The molecule has 0 bridgehead atoms. The van der Waals surface area contributed by atoms with Crippen molar-refractivity contribution in [3.8, 4) is 11.6 Å². The van der Waals surface area contributed by atoms with Gasteiger partial charge < -0.3 is 19.7 Å². The van der Waals surface area contributed by atoms with Crippen molar-refractivity contribution in [1.29, 1.82) is 0 Å². The average Bonchev–Trinajstić information content (AvgIpc) is 2.90. The maximum absolute atomic E-state index is 13.5. The van der Waals surface area contributed by atoms with Crippen molar-refractivity contribution in [1.82, 2.24) is 9.97 Å². The molecule has 4 aromatic rings. The Morgan fingerprint density at radius 2 is 1.69 bits per heavy atom. The lowest BCUT2D eigenvalue weighted by molar-refractivity contribution is 0.0981. The third kappa shape index (κ3) is 7.19. The molecule has 35 heavy (non-hydrogen) atoms. The van der Waals surface area contributed by atoms with Crippen LogP contribution >= 0.6 is 11.6 Å². The van der Waals surface area contributed by atoms with Gasteiger partial charge in [0.25, 0.3) is 5.91 Å². The van der Waals surface area contributed by atoms with Crippen molar-refractivity contribution in [3.63, 3.8) is 0 Å². The number of amides is 1. The molecule has 0 fully saturated rings. The van der Waals surface area contributed by atoms with Gasteiger partial charge in [-0.3, -0.25) is 9.78 Å². The van der Waals surface area contributed by atoms with Gasteiger partial charge in [-0.05, 0) is 48.5 Å². The number of benzene rings is 2. The molecule has 7 nitrogen and oxygen atoms in total. The van der Waals surface area contributed by atoms with Crippen molar-refractivity contribution >= 4 is 28.9 Å². The smallest absolute Gasteiger partial charge is 0.258 e. The molecule has 0 aliphatic rings. The summed E-state index contributed by atoms with van der Waals surface area (Å²) in [4.78, 5) is 23.3. The zero-order chi connectivity index (χ0) is 24.3. The lowest BCUT2D eigenvalue weighted by Gasteiger charge is -2.23. The molecule has 2 aromatic heterocycles. The van der Waals surface area contributed by atoms with E-state index >= 15 is 0 Å². The van der Waals surface area contributed by atoms with Crippen molar-refractivity contribution < 1.29 is 14.3 Å².